The first-order valence-corrected chi connectivity index (χ1v) is 7.68. The standard InChI is InChI=1S/C18H23N3O2.ClH/c1-12(2)18(3,11-19)21-17(23)14-9-10-15(20-16(14)22)13-7-5-4-6-8-13;/h4-10,12H,11,19H2,1-3H3,(H,20,22)(H,21,23);1H. The molecule has 0 saturated carbocycles. The molecule has 0 bridgehead atoms. The molecule has 0 aliphatic carbocycles. The highest BCUT2D eigenvalue weighted by molar-refractivity contribution is 5.94. The van der Waals surface area contributed by atoms with Crippen molar-refractivity contribution in [2.75, 3.05) is 6.54 Å². The van der Waals surface area contributed by atoms with Gasteiger partial charge in [0, 0.05) is 12.2 Å². The quantitative estimate of drug-likeness (QED) is 0.775. The third-order valence-electron chi connectivity index (χ3n) is 4.34. The summed E-state index contributed by atoms with van der Waals surface area (Å²) < 4.78 is 0. The number of carbonyl (C=O) groups is 1. The first-order chi connectivity index (χ1) is 10.9. The van der Waals surface area contributed by atoms with Crippen LogP contribution in [0, 0.1) is 5.92 Å². The largest absolute Gasteiger partial charge is 0.345 e. The molecule has 0 spiro atoms. The van der Waals surface area contributed by atoms with Gasteiger partial charge in [0.05, 0.1) is 5.54 Å². The Kier molecular flexibility index (Phi) is 6.75. The molecule has 0 radical (unpaired) electrons. The molecule has 1 heterocycles. The average Bonchev–Trinajstić information content (AvgIpc) is 2.55. The van der Waals surface area contributed by atoms with Gasteiger partial charge in [-0.1, -0.05) is 44.2 Å². The lowest BCUT2D eigenvalue weighted by atomic mass is 9.88. The van der Waals surface area contributed by atoms with E-state index in [9.17, 15) is 9.59 Å². The second kappa shape index (κ2) is 8.13. The number of hydrogen-bond acceptors (Lipinski definition) is 3. The summed E-state index contributed by atoms with van der Waals surface area (Å²) in [6.45, 7) is 6.14. The van der Waals surface area contributed by atoms with Crippen LogP contribution in [0.15, 0.2) is 47.3 Å². The van der Waals surface area contributed by atoms with E-state index in [0.717, 1.165) is 5.56 Å². The van der Waals surface area contributed by atoms with Crippen LogP contribution in [-0.2, 0) is 0 Å². The predicted octanol–water partition coefficient (Wildman–Crippen LogP) is 2.57. The maximum absolute atomic E-state index is 12.4. The van der Waals surface area contributed by atoms with Crippen LogP contribution in [-0.4, -0.2) is 23.0 Å². The predicted molar refractivity (Wildman–Crippen MR) is 99.5 cm³/mol. The average molecular weight is 350 g/mol. The first-order valence-electron chi connectivity index (χ1n) is 7.68. The van der Waals surface area contributed by atoms with Crippen LogP contribution in [0.1, 0.15) is 31.1 Å². The van der Waals surface area contributed by atoms with Crippen LogP contribution in [0.3, 0.4) is 0 Å². The fourth-order valence-corrected chi connectivity index (χ4v) is 2.20. The lowest BCUT2D eigenvalue weighted by molar-refractivity contribution is 0.0881. The van der Waals surface area contributed by atoms with E-state index in [1.54, 1.807) is 12.1 Å². The molecular weight excluding hydrogens is 326 g/mol. The van der Waals surface area contributed by atoms with Crippen molar-refractivity contribution in [2.45, 2.75) is 26.3 Å². The van der Waals surface area contributed by atoms with Crippen LogP contribution >= 0.6 is 12.4 Å². The summed E-state index contributed by atoms with van der Waals surface area (Å²) in [5.41, 5.74) is 6.47. The number of carbonyl (C=O) groups excluding carboxylic acids is 1. The Hall–Kier alpha value is -2.11. The molecule has 5 nitrogen and oxygen atoms in total. The highest BCUT2D eigenvalue weighted by atomic mass is 35.5. The zero-order valence-corrected chi connectivity index (χ0v) is 14.9. The number of benzene rings is 1. The monoisotopic (exact) mass is 349 g/mol. The third-order valence-corrected chi connectivity index (χ3v) is 4.34. The first kappa shape index (κ1) is 19.9. The SMILES string of the molecule is CC(C)C(C)(CN)NC(=O)c1ccc(-c2ccccc2)[nH]c1=O.Cl. The third kappa shape index (κ3) is 4.24. The van der Waals surface area contributed by atoms with Crippen molar-refractivity contribution in [3.8, 4) is 11.3 Å². The highest BCUT2D eigenvalue weighted by Gasteiger charge is 2.29. The number of aromatic amines is 1. The molecule has 130 valence electrons. The minimum Gasteiger partial charge on any atom is -0.345 e. The maximum Gasteiger partial charge on any atom is 0.261 e. The molecule has 1 aromatic heterocycles. The molecule has 0 aliphatic rings. The fourth-order valence-electron chi connectivity index (χ4n) is 2.20. The number of nitrogens with two attached hydrogens (primary N) is 1. The van der Waals surface area contributed by atoms with Gasteiger partial charge in [-0.05, 0) is 30.5 Å². The molecule has 2 aromatic rings. The minimum absolute atomic E-state index is 0. The van der Waals surface area contributed by atoms with E-state index in [-0.39, 0.29) is 23.9 Å². The summed E-state index contributed by atoms with van der Waals surface area (Å²) in [4.78, 5) is 27.4. The summed E-state index contributed by atoms with van der Waals surface area (Å²) in [7, 11) is 0. The van der Waals surface area contributed by atoms with Crippen molar-refractivity contribution in [3.05, 3.63) is 58.4 Å². The normalized spacial score (nSPS) is 13.0. The Morgan fingerprint density at radius 1 is 1.21 bits per heavy atom. The lowest BCUT2D eigenvalue weighted by Gasteiger charge is -2.33. The number of nitrogens with one attached hydrogen (secondary N) is 2. The van der Waals surface area contributed by atoms with Crippen LogP contribution in [0.25, 0.3) is 11.3 Å². The molecule has 1 unspecified atom stereocenters. The van der Waals surface area contributed by atoms with Crippen molar-refractivity contribution in [1.29, 1.82) is 0 Å². The Morgan fingerprint density at radius 2 is 1.83 bits per heavy atom. The number of hydrogen-bond donors (Lipinski definition) is 3. The van der Waals surface area contributed by atoms with E-state index in [1.807, 2.05) is 51.1 Å². The molecule has 1 atom stereocenters. The van der Waals surface area contributed by atoms with Crippen molar-refractivity contribution in [1.82, 2.24) is 10.3 Å². The van der Waals surface area contributed by atoms with Gasteiger partial charge < -0.3 is 16.0 Å². The second-order valence-electron chi connectivity index (χ2n) is 6.21. The Bertz CT molecular complexity index is 743. The van der Waals surface area contributed by atoms with Gasteiger partial charge in [0.2, 0.25) is 0 Å². The molecule has 0 fully saturated rings. The van der Waals surface area contributed by atoms with E-state index in [4.69, 9.17) is 5.73 Å². The van der Waals surface area contributed by atoms with Gasteiger partial charge in [-0.3, -0.25) is 9.59 Å². The second-order valence-corrected chi connectivity index (χ2v) is 6.21. The lowest BCUT2D eigenvalue weighted by Crippen LogP contribution is -2.55. The highest BCUT2D eigenvalue weighted by Crippen LogP contribution is 2.17. The number of aromatic nitrogens is 1. The molecule has 0 aliphatic heterocycles. The number of H-pyrrole nitrogens is 1. The molecule has 6 heteroatoms. The van der Waals surface area contributed by atoms with E-state index in [1.165, 1.54) is 0 Å². The van der Waals surface area contributed by atoms with Crippen LogP contribution < -0.4 is 16.6 Å². The Balaban J connectivity index is 0.00000288. The van der Waals surface area contributed by atoms with Crippen LogP contribution in [0.2, 0.25) is 0 Å². The molecular formula is C18H24ClN3O2. The number of halogens is 1. The topological polar surface area (TPSA) is 88.0 Å². The zero-order chi connectivity index (χ0) is 17.0. The molecule has 1 amide bonds. The minimum atomic E-state index is -0.554. The van der Waals surface area contributed by atoms with Gasteiger partial charge >= 0.3 is 0 Å². The van der Waals surface area contributed by atoms with Crippen LogP contribution in [0.4, 0.5) is 0 Å². The molecule has 0 saturated heterocycles. The van der Waals surface area contributed by atoms with E-state index < -0.39 is 17.0 Å². The fraction of sp³-hybridized carbons (Fsp3) is 0.333. The Morgan fingerprint density at radius 3 is 2.33 bits per heavy atom. The summed E-state index contributed by atoms with van der Waals surface area (Å²) in [5.74, 6) is -0.258. The van der Waals surface area contributed by atoms with Gasteiger partial charge in [0.15, 0.2) is 0 Å². The number of rotatable bonds is 5. The van der Waals surface area contributed by atoms with E-state index in [0.29, 0.717) is 12.2 Å². The summed E-state index contributed by atoms with van der Waals surface area (Å²) >= 11 is 0. The number of amides is 1. The molecule has 2 rings (SSSR count). The summed E-state index contributed by atoms with van der Waals surface area (Å²) in [6.07, 6.45) is 0. The van der Waals surface area contributed by atoms with Gasteiger partial charge in [-0.2, -0.15) is 0 Å². The van der Waals surface area contributed by atoms with E-state index >= 15 is 0 Å². The summed E-state index contributed by atoms with van der Waals surface area (Å²) in [6, 6.07) is 12.8. The van der Waals surface area contributed by atoms with Crippen molar-refractivity contribution in [2.24, 2.45) is 11.7 Å². The Labute approximate surface area is 148 Å². The van der Waals surface area contributed by atoms with Gasteiger partial charge in [0.1, 0.15) is 5.56 Å². The van der Waals surface area contributed by atoms with Crippen molar-refractivity contribution < 1.29 is 4.79 Å². The molecule has 1 aromatic carbocycles. The summed E-state index contributed by atoms with van der Waals surface area (Å²) in [5, 5.41) is 2.87. The number of pyridine rings is 1. The molecule has 4 N–H and O–H groups in total. The van der Waals surface area contributed by atoms with Gasteiger partial charge in [-0.25, -0.2) is 0 Å². The smallest absolute Gasteiger partial charge is 0.261 e. The van der Waals surface area contributed by atoms with Gasteiger partial charge in [-0.15, -0.1) is 12.4 Å². The van der Waals surface area contributed by atoms with E-state index in [2.05, 4.69) is 10.3 Å². The van der Waals surface area contributed by atoms with Crippen molar-refractivity contribution >= 4 is 18.3 Å². The molecule has 24 heavy (non-hydrogen) atoms. The van der Waals surface area contributed by atoms with Crippen LogP contribution in [0.5, 0.6) is 0 Å². The van der Waals surface area contributed by atoms with Crippen molar-refractivity contribution in [3.63, 3.8) is 0 Å². The maximum atomic E-state index is 12.4. The zero-order valence-electron chi connectivity index (χ0n) is 14.1. The van der Waals surface area contributed by atoms with Gasteiger partial charge in [0.25, 0.3) is 11.5 Å².